The van der Waals surface area contributed by atoms with Crippen LogP contribution in [0.3, 0.4) is 0 Å². The van der Waals surface area contributed by atoms with Crippen LogP contribution in [-0.2, 0) is 0 Å². The molecule has 0 aromatic carbocycles. The van der Waals surface area contributed by atoms with Crippen LogP contribution in [0.4, 0.5) is 0 Å². The van der Waals surface area contributed by atoms with Gasteiger partial charge in [-0.3, -0.25) is 0 Å². The lowest BCUT2D eigenvalue weighted by molar-refractivity contribution is 0.318. The molecular formula is C14H33N. The van der Waals surface area contributed by atoms with Crippen molar-refractivity contribution in [3.05, 3.63) is 0 Å². The van der Waals surface area contributed by atoms with Crippen molar-refractivity contribution in [2.75, 3.05) is 20.1 Å². The molecule has 1 nitrogen and oxygen atoms in total. The summed E-state index contributed by atoms with van der Waals surface area (Å²) in [5.74, 6) is 0. The van der Waals surface area contributed by atoms with E-state index in [9.17, 15) is 0 Å². The summed E-state index contributed by atoms with van der Waals surface area (Å²) in [5.41, 5.74) is 0. The fourth-order valence-corrected chi connectivity index (χ4v) is 1.53. The first-order chi connectivity index (χ1) is 7.31. The molecule has 1 heteroatoms. The lowest BCUT2D eigenvalue weighted by Crippen LogP contribution is -2.20. The molecule has 0 atom stereocenters. The highest BCUT2D eigenvalue weighted by Crippen LogP contribution is 2.03. The van der Waals surface area contributed by atoms with Crippen molar-refractivity contribution in [2.24, 2.45) is 0 Å². The Morgan fingerprint density at radius 3 is 1.67 bits per heavy atom. The van der Waals surface area contributed by atoms with E-state index in [4.69, 9.17) is 0 Å². The van der Waals surface area contributed by atoms with Crippen molar-refractivity contribution < 1.29 is 0 Å². The van der Waals surface area contributed by atoms with E-state index in [1.807, 2.05) is 13.8 Å². The molecule has 0 aliphatic carbocycles. The van der Waals surface area contributed by atoms with Crippen LogP contribution in [0.5, 0.6) is 0 Å². The second kappa shape index (κ2) is 16.4. The summed E-state index contributed by atoms with van der Waals surface area (Å²) in [6, 6.07) is 0. The summed E-state index contributed by atoms with van der Waals surface area (Å²) < 4.78 is 0. The van der Waals surface area contributed by atoms with Gasteiger partial charge < -0.3 is 4.90 Å². The molecule has 0 aromatic rings. The molecule has 0 aliphatic rings. The zero-order valence-electron chi connectivity index (χ0n) is 11.8. The van der Waals surface area contributed by atoms with Gasteiger partial charge in [-0.2, -0.15) is 0 Å². The lowest BCUT2D eigenvalue weighted by Gasteiger charge is -2.15. The number of hydrogen-bond donors (Lipinski definition) is 0. The van der Waals surface area contributed by atoms with E-state index >= 15 is 0 Å². The van der Waals surface area contributed by atoms with Gasteiger partial charge in [0.05, 0.1) is 0 Å². The van der Waals surface area contributed by atoms with Crippen molar-refractivity contribution >= 4 is 0 Å². The van der Waals surface area contributed by atoms with Gasteiger partial charge >= 0.3 is 0 Å². The van der Waals surface area contributed by atoms with Crippen LogP contribution in [0.1, 0.15) is 72.6 Å². The highest BCUT2D eigenvalue weighted by atomic mass is 15.1. The quantitative estimate of drug-likeness (QED) is 0.503. The first-order valence-corrected chi connectivity index (χ1v) is 6.99. The summed E-state index contributed by atoms with van der Waals surface area (Å²) in [5, 5.41) is 0. The summed E-state index contributed by atoms with van der Waals surface area (Å²) in [6.07, 6.45) is 9.68. The van der Waals surface area contributed by atoms with Crippen molar-refractivity contribution in [3.63, 3.8) is 0 Å². The highest BCUT2D eigenvalue weighted by Gasteiger charge is 1.96. The minimum absolute atomic E-state index is 1.28. The Morgan fingerprint density at radius 2 is 1.13 bits per heavy atom. The summed E-state index contributed by atoms with van der Waals surface area (Å²) in [4.78, 5) is 2.47. The third-order valence-corrected chi connectivity index (χ3v) is 2.54. The van der Waals surface area contributed by atoms with E-state index in [1.165, 1.54) is 58.0 Å². The summed E-state index contributed by atoms with van der Waals surface area (Å²) in [6.45, 7) is 11.1. The minimum atomic E-state index is 1.28. The average molecular weight is 215 g/mol. The van der Waals surface area contributed by atoms with Crippen LogP contribution >= 0.6 is 0 Å². The van der Waals surface area contributed by atoms with Crippen molar-refractivity contribution in [2.45, 2.75) is 72.6 Å². The van der Waals surface area contributed by atoms with Gasteiger partial charge in [0.1, 0.15) is 0 Å². The van der Waals surface area contributed by atoms with Crippen LogP contribution in [-0.4, -0.2) is 25.0 Å². The average Bonchev–Trinajstić information content (AvgIpc) is 2.29. The topological polar surface area (TPSA) is 3.24 Å². The van der Waals surface area contributed by atoms with Crippen LogP contribution in [0.25, 0.3) is 0 Å². The van der Waals surface area contributed by atoms with Gasteiger partial charge in [-0.1, -0.05) is 59.8 Å². The molecule has 0 spiro atoms. The van der Waals surface area contributed by atoms with Gasteiger partial charge in [-0.05, 0) is 33.0 Å². The Morgan fingerprint density at radius 1 is 0.667 bits per heavy atom. The molecule has 15 heavy (non-hydrogen) atoms. The predicted molar refractivity (Wildman–Crippen MR) is 72.5 cm³/mol. The Bertz CT molecular complexity index is 91.3. The number of hydrogen-bond acceptors (Lipinski definition) is 1. The van der Waals surface area contributed by atoms with Crippen molar-refractivity contribution in [3.8, 4) is 0 Å². The van der Waals surface area contributed by atoms with Crippen molar-refractivity contribution in [1.29, 1.82) is 0 Å². The van der Waals surface area contributed by atoms with Gasteiger partial charge in [0.2, 0.25) is 0 Å². The molecule has 0 N–H and O–H groups in total. The third-order valence-electron chi connectivity index (χ3n) is 2.54. The molecule has 0 radical (unpaired) electrons. The van der Waals surface area contributed by atoms with Crippen LogP contribution < -0.4 is 0 Å². The normalized spacial score (nSPS) is 10.0. The maximum Gasteiger partial charge on any atom is -0.00218 e. The van der Waals surface area contributed by atoms with Crippen LogP contribution in [0.2, 0.25) is 0 Å². The van der Waals surface area contributed by atoms with E-state index in [-0.39, 0.29) is 0 Å². The largest absolute Gasteiger partial charge is 0.306 e. The Hall–Kier alpha value is -0.0400. The monoisotopic (exact) mass is 215 g/mol. The molecule has 0 unspecified atom stereocenters. The third kappa shape index (κ3) is 16.6. The first kappa shape index (κ1) is 17.4. The highest BCUT2D eigenvalue weighted by molar-refractivity contribution is 4.51. The standard InChI is InChI=1S/C12H27N.C2H6/c1-4-6-8-9-10-12-13(3)11-7-5-2;1-2/h4-12H2,1-3H3;1-2H3. The Kier molecular flexibility index (Phi) is 19.0. The first-order valence-electron chi connectivity index (χ1n) is 6.99. The maximum atomic E-state index is 2.47. The molecule has 0 amide bonds. The minimum Gasteiger partial charge on any atom is -0.306 e. The fourth-order valence-electron chi connectivity index (χ4n) is 1.53. The predicted octanol–water partition coefficient (Wildman–Crippen LogP) is 4.71. The SMILES string of the molecule is CC.CCCCCCCN(C)CCCC. The number of unbranched alkanes of at least 4 members (excludes halogenated alkanes) is 5. The molecule has 0 fully saturated rings. The molecule has 0 heterocycles. The smallest absolute Gasteiger partial charge is 0.00218 e. The molecule has 94 valence electrons. The van der Waals surface area contributed by atoms with Crippen molar-refractivity contribution in [1.82, 2.24) is 4.90 Å². The Balaban J connectivity index is 0. The molecule has 0 rings (SSSR count). The molecule has 0 bridgehead atoms. The Labute approximate surface area is 98.2 Å². The number of nitrogens with zero attached hydrogens (tertiary/aromatic N) is 1. The van der Waals surface area contributed by atoms with Gasteiger partial charge in [-0.25, -0.2) is 0 Å². The van der Waals surface area contributed by atoms with E-state index in [2.05, 4.69) is 25.8 Å². The summed E-state index contributed by atoms with van der Waals surface area (Å²) >= 11 is 0. The van der Waals surface area contributed by atoms with Gasteiger partial charge in [-0.15, -0.1) is 0 Å². The van der Waals surface area contributed by atoms with E-state index in [0.717, 1.165) is 0 Å². The molecule has 0 aliphatic heterocycles. The second-order valence-corrected chi connectivity index (χ2v) is 4.07. The molecule has 0 aromatic heterocycles. The molecular weight excluding hydrogens is 182 g/mol. The van der Waals surface area contributed by atoms with Crippen LogP contribution in [0, 0.1) is 0 Å². The van der Waals surface area contributed by atoms with E-state index < -0.39 is 0 Å². The lowest BCUT2D eigenvalue weighted by atomic mass is 10.1. The van der Waals surface area contributed by atoms with E-state index in [0.29, 0.717) is 0 Å². The van der Waals surface area contributed by atoms with Gasteiger partial charge in [0.15, 0.2) is 0 Å². The summed E-state index contributed by atoms with van der Waals surface area (Å²) in [7, 11) is 2.25. The van der Waals surface area contributed by atoms with Crippen LogP contribution in [0.15, 0.2) is 0 Å². The number of rotatable bonds is 9. The van der Waals surface area contributed by atoms with Gasteiger partial charge in [0.25, 0.3) is 0 Å². The fraction of sp³-hybridized carbons (Fsp3) is 1.00. The van der Waals surface area contributed by atoms with E-state index in [1.54, 1.807) is 0 Å². The molecule has 0 saturated heterocycles. The molecule has 0 saturated carbocycles. The van der Waals surface area contributed by atoms with Gasteiger partial charge in [0, 0.05) is 0 Å². The zero-order valence-corrected chi connectivity index (χ0v) is 11.8. The second-order valence-electron chi connectivity index (χ2n) is 4.07. The zero-order chi connectivity index (χ0) is 11.9. The maximum absolute atomic E-state index is 2.47.